The highest BCUT2D eigenvalue weighted by Crippen LogP contribution is 2.20. The topological polar surface area (TPSA) is 37.4 Å². The van der Waals surface area contributed by atoms with E-state index in [1.807, 2.05) is 0 Å². The predicted octanol–water partition coefficient (Wildman–Crippen LogP) is 1.07. The van der Waals surface area contributed by atoms with Crippen molar-refractivity contribution in [1.29, 1.82) is 0 Å². The Kier molecular flexibility index (Phi) is 3.57. The van der Waals surface area contributed by atoms with E-state index in [4.69, 9.17) is 6.42 Å². The molecule has 1 saturated heterocycles. The van der Waals surface area contributed by atoms with Crippen LogP contribution in [0.4, 0.5) is 0 Å². The Morgan fingerprint density at radius 2 is 2.14 bits per heavy atom. The Morgan fingerprint density at radius 1 is 1.50 bits per heavy atom. The summed E-state index contributed by atoms with van der Waals surface area (Å²) in [5, 5.41) is -0.348. The van der Waals surface area contributed by atoms with Crippen LogP contribution in [0.2, 0.25) is 0 Å². The van der Waals surface area contributed by atoms with E-state index in [1.54, 1.807) is 13.8 Å². The molecule has 0 unspecified atom stereocenters. The lowest BCUT2D eigenvalue weighted by molar-refractivity contribution is 0.304. The summed E-state index contributed by atoms with van der Waals surface area (Å²) in [5.74, 6) is 2.73. The first kappa shape index (κ1) is 11.5. The van der Waals surface area contributed by atoms with E-state index in [9.17, 15) is 8.42 Å². The summed E-state index contributed by atoms with van der Waals surface area (Å²) in [6, 6.07) is 0. The van der Waals surface area contributed by atoms with Gasteiger partial charge in [0.15, 0.2) is 0 Å². The molecule has 80 valence electrons. The van der Waals surface area contributed by atoms with Gasteiger partial charge in [-0.2, -0.15) is 0 Å². The van der Waals surface area contributed by atoms with Gasteiger partial charge in [0.25, 0.3) is 0 Å². The summed E-state index contributed by atoms with van der Waals surface area (Å²) in [6.45, 7) is 4.53. The number of nitrogens with zero attached hydrogens (tertiary/aromatic N) is 1. The van der Waals surface area contributed by atoms with Gasteiger partial charge in [-0.05, 0) is 26.7 Å². The number of hydrogen-bond acceptors (Lipinski definition) is 2. The molecule has 0 spiro atoms. The van der Waals surface area contributed by atoms with Gasteiger partial charge in [-0.15, -0.1) is 12.3 Å². The van der Waals surface area contributed by atoms with E-state index in [-0.39, 0.29) is 11.2 Å². The van der Waals surface area contributed by atoms with E-state index in [2.05, 4.69) is 5.92 Å². The normalized spacial score (nSPS) is 24.9. The minimum Gasteiger partial charge on any atom is -0.212 e. The van der Waals surface area contributed by atoms with Crippen LogP contribution in [0, 0.1) is 18.3 Å². The molecule has 4 heteroatoms. The molecule has 0 saturated carbocycles. The molecular formula is C10H17NO2S. The Hall–Kier alpha value is -0.530. The Labute approximate surface area is 86.5 Å². The fraction of sp³-hybridized carbons (Fsp3) is 0.800. The van der Waals surface area contributed by atoms with Gasteiger partial charge < -0.3 is 0 Å². The van der Waals surface area contributed by atoms with Gasteiger partial charge in [-0.3, -0.25) is 0 Å². The molecule has 1 aliphatic rings. The molecule has 0 N–H and O–H groups in total. The molecule has 1 atom stereocenters. The lowest BCUT2D eigenvalue weighted by Crippen LogP contribution is -2.42. The zero-order valence-electron chi connectivity index (χ0n) is 8.73. The monoisotopic (exact) mass is 215 g/mol. The first-order chi connectivity index (χ1) is 6.48. The lowest BCUT2D eigenvalue weighted by Gasteiger charge is -2.30. The second-order valence-electron chi connectivity index (χ2n) is 3.96. The van der Waals surface area contributed by atoms with Crippen LogP contribution < -0.4 is 0 Å². The number of hydrogen-bond donors (Lipinski definition) is 0. The second-order valence-corrected chi connectivity index (χ2v) is 6.45. The fourth-order valence-electron chi connectivity index (χ4n) is 1.61. The van der Waals surface area contributed by atoms with Crippen molar-refractivity contribution in [3.05, 3.63) is 0 Å². The average Bonchev–Trinajstić information content (AvgIpc) is 2.17. The van der Waals surface area contributed by atoms with Gasteiger partial charge in [0.05, 0.1) is 5.25 Å². The minimum atomic E-state index is -3.11. The van der Waals surface area contributed by atoms with Crippen molar-refractivity contribution in [3.63, 3.8) is 0 Å². The van der Waals surface area contributed by atoms with Crippen LogP contribution in [-0.4, -0.2) is 31.1 Å². The van der Waals surface area contributed by atoms with Crippen molar-refractivity contribution in [3.8, 4) is 12.3 Å². The van der Waals surface area contributed by atoms with Crippen molar-refractivity contribution in [2.24, 2.45) is 5.92 Å². The van der Waals surface area contributed by atoms with Crippen LogP contribution in [0.5, 0.6) is 0 Å². The van der Waals surface area contributed by atoms with Gasteiger partial charge >= 0.3 is 0 Å². The van der Waals surface area contributed by atoms with Crippen LogP contribution in [0.3, 0.4) is 0 Å². The van der Waals surface area contributed by atoms with Crippen molar-refractivity contribution in [2.75, 3.05) is 13.1 Å². The highest BCUT2D eigenvalue weighted by atomic mass is 32.2. The standard InChI is InChI=1S/C10H17NO2S/c1-4-10-6-5-7-11(8-10)14(12,13)9(2)3/h1,9-10H,5-8H2,2-3H3/t10-/m0/s1. The van der Waals surface area contributed by atoms with Crippen molar-refractivity contribution < 1.29 is 8.42 Å². The molecule has 3 nitrogen and oxygen atoms in total. The van der Waals surface area contributed by atoms with E-state index in [1.165, 1.54) is 4.31 Å². The first-order valence-corrected chi connectivity index (χ1v) is 6.44. The largest absolute Gasteiger partial charge is 0.216 e. The molecule has 1 heterocycles. The minimum absolute atomic E-state index is 0.0947. The number of piperidine rings is 1. The van der Waals surface area contributed by atoms with Gasteiger partial charge in [-0.1, -0.05) is 0 Å². The molecule has 0 amide bonds. The van der Waals surface area contributed by atoms with Crippen LogP contribution in [-0.2, 0) is 10.0 Å². The van der Waals surface area contributed by atoms with E-state index in [0.717, 1.165) is 12.8 Å². The van der Waals surface area contributed by atoms with Crippen LogP contribution in [0.25, 0.3) is 0 Å². The fourth-order valence-corrected chi connectivity index (χ4v) is 2.98. The smallest absolute Gasteiger partial charge is 0.212 e. The highest BCUT2D eigenvalue weighted by Gasteiger charge is 2.30. The number of sulfonamides is 1. The Morgan fingerprint density at radius 3 is 2.64 bits per heavy atom. The molecule has 1 aliphatic heterocycles. The van der Waals surface area contributed by atoms with Crippen molar-refractivity contribution in [1.82, 2.24) is 4.31 Å². The summed E-state index contributed by atoms with van der Waals surface area (Å²) in [4.78, 5) is 0. The molecule has 0 aliphatic carbocycles. The summed E-state index contributed by atoms with van der Waals surface area (Å²) in [7, 11) is -3.11. The molecular weight excluding hydrogens is 198 g/mol. The van der Waals surface area contributed by atoms with Gasteiger partial charge in [0, 0.05) is 19.0 Å². The summed E-state index contributed by atoms with van der Waals surface area (Å²) in [5.41, 5.74) is 0. The third-order valence-electron chi connectivity index (χ3n) is 2.58. The number of rotatable bonds is 2. The van der Waals surface area contributed by atoms with Crippen LogP contribution in [0.1, 0.15) is 26.7 Å². The van der Waals surface area contributed by atoms with Crippen LogP contribution in [0.15, 0.2) is 0 Å². The summed E-state index contributed by atoms with van der Waals surface area (Å²) < 4.78 is 25.1. The SMILES string of the molecule is C#C[C@H]1CCCN(S(=O)(=O)C(C)C)C1. The molecule has 0 aromatic carbocycles. The second kappa shape index (κ2) is 4.33. The Balaban J connectivity index is 2.75. The Bertz CT molecular complexity index is 327. The van der Waals surface area contributed by atoms with E-state index >= 15 is 0 Å². The van der Waals surface area contributed by atoms with Crippen molar-refractivity contribution >= 4 is 10.0 Å². The van der Waals surface area contributed by atoms with E-state index < -0.39 is 10.0 Å². The molecule has 1 fully saturated rings. The van der Waals surface area contributed by atoms with Gasteiger partial charge in [-0.25, -0.2) is 12.7 Å². The summed E-state index contributed by atoms with van der Waals surface area (Å²) >= 11 is 0. The third-order valence-corrected chi connectivity index (χ3v) is 4.82. The predicted molar refractivity (Wildman–Crippen MR) is 57.2 cm³/mol. The van der Waals surface area contributed by atoms with Crippen LogP contribution >= 0.6 is 0 Å². The molecule has 0 radical (unpaired) electrons. The lowest BCUT2D eigenvalue weighted by atomic mass is 10.0. The van der Waals surface area contributed by atoms with Gasteiger partial charge in [0.2, 0.25) is 10.0 Å². The maximum Gasteiger partial charge on any atom is 0.216 e. The molecule has 14 heavy (non-hydrogen) atoms. The zero-order chi connectivity index (χ0) is 10.8. The van der Waals surface area contributed by atoms with Gasteiger partial charge in [0.1, 0.15) is 0 Å². The molecule has 0 aromatic rings. The molecule has 0 aromatic heterocycles. The zero-order valence-corrected chi connectivity index (χ0v) is 9.55. The van der Waals surface area contributed by atoms with Crippen molar-refractivity contribution in [2.45, 2.75) is 31.9 Å². The average molecular weight is 215 g/mol. The quantitative estimate of drug-likeness (QED) is 0.646. The first-order valence-electron chi connectivity index (χ1n) is 4.93. The maximum absolute atomic E-state index is 11.8. The number of terminal acetylenes is 1. The molecule has 1 rings (SSSR count). The maximum atomic E-state index is 11.8. The summed E-state index contributed by atoms with van der Waals surface area (Å²) in [6.07, 6.45) is 7.13. The third kappa shape index (κ3) is 2.28. The highest BCUT2D eigenvalue weighted by molar-refractivity contribution is 7.89. The van der Waals surface area contributed by atoms with E-state index in [0.29, 0.717) is 13.1 Å². The molecule has 0 bridgehead atoms.